The lowest BCUT2D eigenvalue weighted by molar-refractivity contribution is 0.865. The molecule has 4 N–H and O–H groups in total. The van der Waals surface area contributed by atoms with E-state index in [0.29, 0.717) is 30.5 Å². The number of para-hydroxylation sites is 1. The van der Waals surface area contributed by atoms with Gasteiger partial charge in [0.15, 0.2) is 11.5 Å². The molecule has 0 saturated heterocycles. The Morgan fingerprint density at radius 3 is 2.70 bits per heavy atom. The number of nitrogens with two attached hydrogens (primary N) is 2. The molecule has 0 radical (unpaired) electrons. The van der Waals surface area contributed by atoms with Crippen LogP contribution < -0.4 is 16.4 Å². The van der Waals surface area contributed by atoms with E-state index in [-0.39, 0.29) is 0 Å². The normalized spacial score (nSPS) is 10.8. The highest BCUT2D eigenvalue weighted by atomic mass is 15.4. The molecule has 0 aliphatic heterocycles. The molecule has 0 fully saturated rings. The van der Waals surface area contributed by atoms with Crippen molar-refractivity contribution in [3.05, 3.63) is 42.7 Å². The molecule has 7 heteroatoms. The molecule has 0 aliphatic rings. The summed E-state index contributed by atoms with van der Waals surface area (Å²) in [5.74, 6) is 0.911. The quantitative estimate of drug-likeness (QED) is 0.727. The first kappa shape index (κ1) is 12.4. The molecule has 3 rings (SSSR count). The molecule has 2 aromatic heterocycles. The molecule has 0 atom stereocenters. The highest BCUT2D eigenvalue weighted by molar-refractivity contribution is 5.64. The van der Waals surface area contributed by atoms with Gasteiger partial charge in [-0.2, -0.15) is 4.98 Å². The highest BCUT2D eigenvalue weighted by Gasteiger charge is 2.15. The summed E-state index contributed by atoms with van der Waals surface area (Å²) in [6.07, 6.45) is 3.31. The van der Waals surface area contributed by atoms with Gasteiger partial charge in [0.05, 0.1) is 0 Å². The molecule has 0 saturated carbocycles. The summed E-state index contributed by atoms with van der Waals surface area (Å²) >= 11 is 0. The zero-order valence-corrected chi connectivity index (χ0v) is 10.8. The first-order valence-corrected chi connectivity index (χ1v) is 6.29. The summed E-state index contributed by atoms with van der Waals surface area (Å²) in [7, 11) is 0. The van der Waals surface area contributed by atoms with Crippen molar-refractivity contribution in [1.29, 1.82) is 0 Å². The molecule has 1 aromatic carbocycles. The number of hydrogen-bond acceptors (Lipinski definition) is 6. The summed E-state index contributed by atoms with van der Waals surface area (Å²) < 4.78 is 1.62. The van der Waals surface area contributed by atoms with Gasteiger partial charge in [-0.3, -0.25) is 0 Å². The van der Waals surface area contributed by atoms with Crippen LogP contribution in [0.3, 0.4) is 0 Å². The Bertz CT molecular complexity index is 707. The Morgan fingerprint density at radius 1 is 1.20 bits per heavy atom. The number of fused-ring (bicyclic) bond motifs is 1. The van der Waals surface area contributed by atoms with Crippen LogP contribution in [0.15, 0.2) is 42.7 Å². The van der Waals surface area contributed by atoms with Gasteiger partial charge in [0.1, 0.15) is 0 Å². The molecule has 2 heterocycles. The van der Waals surface area contributed by atoms with Crippen LogP contribution in [0.5, 0.6) is 0 Å². The molecule has 7 nitrogen and oxygen atoms in total. The van der Waals surface area contributed by atoms with Gasteiger partial charge in [-0.15, -0.1) is 5.10 Å². The lowest BCUT2D eigenvalue weighted by Crippen LogP contribution is -2.25. The second kappa shape index (κ2) is 5.14. The number of anilines is 3. The topological polar surface area (TPSA) is 98.4 Å². The third-order valence-corrected chi connectivity index (χ3v) is 2.93. The highest BCUT2D eigenvalue weighted by Crippen LogP contribution is 2.22. The zero-order valence-electron chi connectivity index (χ0n) is 10.8. The minimum absolute atomic E-state index is 0.354. The maximum atomic E-state index is 5.80. The van der Waals surface area contributed by atoms with E-state index in [2.05, 4.69) is 15.1 Å². The lowest BCUT2D eigenvalue weighted by atomic mass is 10.3. The predicted octanol–water partition coefficient (Wildman–Crippen LogP) is 0.803. The number of hydrogen-bond donors (Lipinski definition) is 2. The Kier molecular flexibility index (Phi) is 3.18. The van der Waals surface area contributed by atoms with Gasteiger partial charge < -0.3 is 16.4 Å². The minimum atomic E-state index is 0.354. The summed E-state index contributed by atoms with van der Waals surface area (Å²) in [5.41, 5.74) is 13.0. The lowest BCUT2D eigenvalue weighted by Gasteiger charge is -2.19. The van der Waals surface area contributed by atoms with Crippen molar-refractivity contribution in [2.75, 3.05) is 23.7 Å². The van der Waals surface area contributed by atoms with E-state index in [1.165, 1.54) is 0 Å². The van der Waals surface area contributed by atoms with E-state index in [1.54, 1.807) is 16.9 Å². The van der Waals surface area contributed by atoms with E-state index < -0.39 is 0 Å². The molecule has 102 valence electrons. The number of aromatic nitrogens is 4. The smallest absolute Gasteiger partial charge is 0.250 e. The van der Waals surface area contributed by atoms with Crippen molar-refractivity contribution in [3.63, 3.8) is 0 Å². The van der Waals surface area contributed by atoms with E-state index in [4.69, 9.17) is 11.5 Å². The summed E-state index contributed by atoms with van der Waals surface area (Å²) in [6.45, 7) is 1.12. The van der Waals surface area contributed by atoms with Crippen LogP contribution in [0.1, 0.15) is 0 Å². The van der Waals surface area contributed by atoms with E-state index >= 15 is 0 Å². The van der Waals surface area contributed by atoms with Gasteiger partial charge in [0.2, 0.25) is 5.95 Å². The predicted molar refractivity (Wildman–Crippen MR) is 77.7 cm³/mol. The third-order valence-electron chi connectivity index (χ3n) is 2.93. The number of nitrogen functional groups attached to an aromatic ring is 1. The Morgan fingerprint density at radius 2 is 2.00 bits per heavy atom. The van der Waals surface area contributed by atoms with Crippen LogP contribution in [0.2, 0.25) is 0 Å². The minimum Gasteiger partial charge on any atom is -0.381 e. The molecule has 0 spiro atoms. The molecule has 0 bridgehead atoms. The van der Waals surface area contributed by atoms with E-state index in [1.807, 2.05) is 35.2 Å². The maximum absolute atomic E-state index is 5.80. The van der Waals surface area contributed by atoms with Crippen molar-refractivity contribution >= 4 is 23.1 Å². The average Bonchev–Trinajstić information content (AvgIpc) is 2.91. The SMILES string of the molecule is NCCN(c1ccccc1)c1nc2c(N)nccn2n1. The maximum Gasteiger partial charge on any atom is 0.250 e. The molecular weight excluding hydrogens is 254 g/mol. The summed E-state index contributed by atoms with van der Waals surface area (Å²) in [5, 5.41) is 4.42. The summed E-state index contributed by atoms with van der Waals surface area (Å²) in [6, 6.07) is 9.87. The first-order valence-electron chi connectivity index (χ1n) is 6.29. The van der Waals surface area contributed by atoms with E-state index in [0.717, 1.165) is 5.69 Å². The van der Waals surface area contributed by atoms with Gasteiger partial charge in [0, 0.05) is 31.2 Å². The monoisotopic (exact) mass is 269 g/mol. The van der Waals surface area contributed by atoms with Crippen molar-refractivity contribution in [1.82, 2.24) is 19.6 Å². The molecule has 0 aliphatic carbocycles. The first-order chi connectivity index (χ1) is 9.79. The standard InChI is InChI=1S/C13H15N7/c14-6-8-19(10-4-2-1-3-5-10)13-17-12-11(15)16-7-9-20(12)18-13/h1-5,7,9H,6,8,14H2,(H2,15,16). The Hall–Kier alpha value is -2.67. The van der Waals surface area contributed by atoms with Gasteiger partial charge in [-0.25, -0.2) is 9.50 Å². The fourth-order valence-corrected chi connectivity index (χ4v) is 2.02. The average molecular weight is 269 g/mol. The molecule has 0 amide bonds. The zero-order chi connectivity index (χ0) is 13.9. The fourth-order valence-electron chi connectivity index (χ4n) is 2.02. The fraction of sp³-hybridized carbons (Fsp3) is 0.154. The molecular formula is C13H15N7. The molecule has 20 heavy (non-hydrogen) atoms. The van der Waals surface area contributed by atoms with Gasteiger partial charge in [-0.1, -0.05) is 18.2 Å². The van der Waals surface area contributed by atoms with Crippen LogP contribution >= 0.6 is 0 Å². The van der Waals surface area contributed by atoms with Crippen molar-refractivity contribution in [3.8, 4) is 0 Å². The van der Waals surface area contributed by atoms with Crippen LogP contribution in [0, 0.1) is 0 Å². The van der Waals surface area contributed by atoms with Gasteiger partial charge >= 0.3 is 0 Å². The van der Waals surface area contributed by atoms with Crippen LogP contribution in [0.25, 0.3) is 5.65 Å². The van der Waals surface area contributed by atoms with Gasteiger partial charge in [-0.05, 0) is 12.1 Å². The van der Waals surface area contributed by atoms with Gasteiger partial charge in [0.25, 0.3) is 0 Å². The van der Waals surface area contributed by atoms with Crippen LogP contribution in [0.4, 0.5) is 17.5 Å². The second-order valence-corrected chi connectivity index (χ2v) is 4.27. The van der Waals surface area contributed by atoms with Crippen molar-refractivity contribution < 1.29 is 0 Å². The number of nitrogens with zero attached hydrogens (tertiary/aromatic N) is 5. The largest absolute Gasteiger partial charge is 0.381 e. The van der Waals surface area contributed by atoms with E-state index in [9.17, 15) is 0 Å². The number of rotatable bonds is 4. The Balaban J connectivity index is 2.08. The summed E-state index contributed by atoms with van der Waals surface area (Å²) in [4.78, 5) is 10.4. The van der Waals surface area contributed by atoms with Crippen molar-refractivity contribution in [2.45, 2.75) is 0 Å². The second-order valence-electron chi connectivity index (χ2n) is 4.27. The number of benzene rings is 1. The Labute approximate surface area is 115 Å². The third kappa shape index (κ3) is 2.14. The molecule has 3 aromatic rings. The molecule has 0 unspecified atom stereocenters. The van der Waals surface area contributed by atoms with Crippen LogP contribution in [-0.4, -0.2) is 32.7 Å². The van der Waals surface area contributed by atoms with Crippen molar-refractivity contribution in [2.24, 2.45) is 5.73 Å². The van der Waals surface area contributed by atoms with Crippen LogP contribution in [-0.2, 0) is 0 Å².